The van der Waals surface area contributed by atoms with Crippen LogP contribution in [0.25, 0.3) is 11.2 Å². The molecule has 7 nitrogen and oxygen atoms in total. The normalized spacial score (nSPS) is 25.1. The Morgan fingerprint density at radius 1 is 1.48 bits per heavy atom. The molecule has 0 spiro atoms. The SMILES string of the molecule is CCC1[CH-][C@H](n2cnc3c(=O)[nH]c(N)nc32)O[C@@H]1CC.[Y]. The van der Waals surface area contributed by atoms with Crippen LogP contribution in [-0.4, -0.2) is 25.6 Å². The second-order valence-electron chi connectivity index (χ2n) is 5.01. The van der Waals surface area contributed by atoms with E-state index in [4.69, 9.17) is 10.5 Å². The molecule has 2 aromatic heterocycles. The summed E-state index contributed by atoms with van der Waals surface area (Å²) >= 11 is 0. The van der Waals surface area contributed by atoms with Gasteiger partial charge in [-0.05, 0) is 6.42 Å². The van der Waals surface area contributed by atoms with Crippen LogP contribution in [0.3, 0.4) is 0 Å². The predicted molar refractivity (Wildman–Crippen MR) is 74.8 cm³/mol. The molecule has 1 aliphatic heterocycles. The van der Waals surface area contributed by atoms with Crippen LogP contribution in [-0.2, 0) is 37.4 Å². The zero-order valence-electron chi connectivity index (χ0n) is 12.1. The van der Waals surface area contributed by atoms with Gasteiger partial charge in [-0.15, -0.1) is 5.92 Å². The molecule has 1 unspecified atom stereocenters. The molecule has 21 heavy (non-hydrogen) atoms. The van der Waals surface area contributed by atoms with Crippen LogP contribution in [0.5, 0.6) is 0 Å². The van der Waals surface area contributed by atoms with Crippen molar-refractivity contribution < 1.29 is 37.4 Å². The molecule has 2 aromatic rings. The summed E-state index contributed by atoms with van der Waals surface area (Å²) in [5.41, 5.74) is 6.01. The molecule has 1 radical (unpaired) electrons. The summed E-state index contributed by atoms with van der Waals surface area (Å²) in [5, 5.41) is 0. The summed E-state index contributed by atoms with van der Waals surface area (Å²) in [4.78, 5) is 22.5. The van der Waals surface area contributed by atoms with E-state index in [2.05, 4.69) is 35.2 Å². The third kappa shape index (κ3) is 2.91. The second kappa shape index (κ2) is 6.54. The van der Waals surface area contributed by atoms with Gasteiger partial charge in [-0.1, -0.05) is 20.3 Å². The van der Waals surface area contributed by atoms with Crippen LogP contribution in [0.15, 0.2) is 11.1 Å². The number of aromatic amines is 1. The van der Waals surface area contributed by atoms with Crippen molar-refractivity contribution in [3.05, 3.63) is 23.1 Å². The van der Waals surface area contributed by atoms with Crippen LogP contribution in [0.4, 0.5) is 5.95 Å². The van der Waals surface area contributed by atoms with Crippen LogP contribution in [0, 0.1) is 12.3 Å². The molecule has 0 amide bonds. The van der Waals surface area contributed by atoms with E-state index in [1.54, 1.807) is 10.9 Å². The fraction of sp³-hybridized carbons (Fsp3) is 0.538. The number of aromatic nitrogens is 4. The number of imidazole rings is 1. The summed E-state index contributed by atoms with van der Waals surface area (Å²) in [7, 11) is 0. The molecular formula is C13H18N5O2Y-. The number of hydrogen-bond acceptors (Lipinski definition) is 5. The van der Waals surface area contributed by atoms with Gasteiger partial charge in [0.15, 0.2) is 11.2 Å². The van der Waals surface area contributed by atoms with E-state index in [0.717, 1.165) is 12.8 Å². The quantitative estimate of drug-likeness (QED) is 0.798. The monoisotopic (exact) mass is 365 g/mol. The van der Waals surface area contributed by atoms with Crippen molar-refractivity contribution in [2.75, 3.05) is 5.73 Å². The molecular weight excluding hydrogens is 347 g/mol. The van der Waals surface area contributed by atoms with Gasteiger partial charge in [0.2, 0.25) is 5.95 Å². The molecule has 0 aromatic carbocycles. The van der Waals surface area contributed by atoms with Gasteiger partial charge in [-0.3, -0.25) is 16.2 Å². The number of nitrogens with zero attached hydrogens (tertiary/aromatic N) is 3. The second-order valence-corrected chi connectivity index (χ2v) is 5.01. The first kappa shape index (κ1) is 16.6. The molecule has 0 bridgehead atoms. The number of anilines is 1. The summed E-state index contributed by atoms with van der Waals surface area (Å²) in [6.07, 6.45) is 5.66. The van der Waals surface area contributed by atoms with Crippen LogP contribution < -0.4 is 11.3 Å². The van der Waals surface area contributed by atoms with E-state index in [1.807, 2.05) is 0 Å². The molecule has 1 saturated heterocycles. The Morgan fingerprint density at radius 2 is 2.24 bits per heavy atom. The van der Waals surface area contributed by atoms with Gasteiger partial charge in [-0.25, -0.2) is 4.98 Å². The van der Waals surface area contributed by atoms with Gasteiger partial charge in [-0.2, -0.15) is 4.98 Å². The summed E-state index contributed by atoms with van der Waals surface area (Å²) in [6, 6.07) is 0. The van der Waals surface area contributed by atoms with Crippen molar-refractivity contribution in [2.45, 2.75) is 39.0 Å². The standard InChI is InChI=1S/C13H18N5O2.Y/c1-3-7-5-9(20-8(7)4-2)18-6-15-10-11(18)16-13(14)17-12(10)19;/h5-9H,3-4H2,1-2H3,(H3,14,16,17,19);/q-1;/t7?,8-,9-;/m1./s1. The summed E-state index contributed by atoms with van der Waals surface area (Å²) < 4.78 is 7.78. The van der Waals surface area contributed by atoms with E-state index in [-0.39, 0.29) is 62.1 Å². The number of nitrogens with one attached hydrogen (secondary N) is 1. The van der Waals surface area contributed by atoms with Crippen molar-refractivity contribution in [3.8, 4) is 0 Å². The zero-order chi connectivity index (χ0) is 14.3. The van der Waals surface area contributed by atoms with Crippen molar-refractivity contribution in [3.63, 3.8) is 0 Å². The number of ether oxygens (including phenoxy) is 1. The minimum atomic E-state index is -0.330. The maximum atomic E-state index is 11.8. The largest absolute Gasteiger partial charge is 0.389 e. The molecule has 1 aliphatic rings. The van der Waals surface area contributed by atoms with E-state index in [9.17, 15) is 4.79 Å². The number of rotatable bonds is 3. The predicted octanol–water partition coefficient (Wildman–Crippen LogP) is 1.24. The van der Waals surface area contributed by atoms with Gasteiger partial charge in [0, 0.05) is 45.0 Å². The Balaban J connectivity index is 0.00000161. The van der Waals surface area contributed by atoms with E-state index in [1.165, 1.54) is 0 Å². The number of H-pyrrole nitrogens is 1. The molecule has 8 heteroatoms. The van der Waals surface area contributed by atoms with Gasteiger partial charge in [0.05, 0.1) is 6.33 Å². The number of fused-ring (bicyclic) bond motifs is 1. The average molecular weight is 365 g/mol. The first-order valence-corrected chi connectivity index (χ1v) is 6.86. The maximum absolute atomic E-state index is 11.8. The van der Waals surface area contributed by atoms with E-state index >= 15 is 0 Å². The van der Waals surface area contributed by atoms with Crippen molar-refractivity contribution in [2.24, 2.45) is 5.92 Å². The topological polar surface area (TPSA) is 98.8 Å². The van der Waals surface area contributed by atoms with Gasteiger partial charge < -0.3 is 15.0 Å². The zero-order valence-corrected chi connectivity index (χ0v) is 15.0. The third-order valence-corrected chi connectivity index (χ3v) is 3.80. The molecule has 3 heterocycles. The Bertz CT molecular complexity index is 671. The van der Waals surface area contributed by atoms with Gasteiger partial charge in [0.1, 0.15) is 0 Å². The first-order valence-electron chi connectivity index (χ1n) is 6.86. The third-order valence-electron chi connectivity index (χ3n) is 3.80. The number of hydrogen-bond donors (Lipinski definition) is 2. The smallest absolute Gasteiger partial charge is 0.280 e. The molecule has 111 valence electrons. The van der Waals surface area contributed by atoms with E-state index in [0.29, 0.717) is 11.6 Å². The fourth-order valence-corrected chi connectivity index (χ4v) is 2.75. The van der Waals surface area contributed by atoms with Crippen LogP contribution in [0.1, 0.15) is 32.9 Å². The molecule has 0 saturated carbocycles. The molecule has 1 fully saturated rings. The van der Waals surface area contributed by atoms with Crippen molar-refractivity contribution >= 4 is 17.1 Å². The first-order chi connectivity index (χ1) is 9.63. The van der Waals surface area contributed by atoms with Crippen LogP contribution >= 0.6 is 0 Å². The van der Waals surface area contributed by atoms with Gasteiger partial charge in [0.25, 0.3) is 5.56 Å². The minimum Gasteiger partial charge on any atom is -0.389 e. The number of nitrogens with two attached hydrogens (primary N) is 1. The molecule has 3 atom stereocenters. The average Bonchev–Trinajstić information content (AvgIpc) is 3.01. The molecule has 0 aliphatic carbocycles. The Hall–Kier alpha value is -0.786. The Morgan fingerprint density at radius 3 is 2.86 bits per heavy atom. The Labute approximate surface area is 147 Å². The van der Waals surface area contributed by atoms with Gasteiger partial charge >= 0.3 is 0 Å². The van der Waals surface area contributed by atoms with Crippen LogP contribution in [0.2, 0.25) is 0 Å². The molecule has 3 rings (SSSR count). The molecule has 3 N–H and O–H groups in total. The fourth-order valence-electron chi connectivity index (χ4n) is 2.75. The summed E-state index contributed by atoms with van der Waals surface area (Å²) in [5.74, 6) is 0.489. The maximum Gasteiger partial charge on any atom is 0.280 e. The van der Waals surface area contributed by atoms with Crippen molar-refractivity contribution in [1.82, 2.24) is 19.5 Å². The van der Waals surface area contributed by atoms with E-state index < -0.39 is 0 Å². The Kier molecular flexibility index (Phi) is 5.17. The number of nitrogen functional groups attached to an aromatic ring is 1. The van der Waals surface area contributed by atoms with Crippen molar-refractivity contribution in [1.29, 1.82) is 0 Å². The minimum absolute atomic E-state index is 0. The summed E-state index contributed by atoms with van der Waals surface area (Å²) in [6.45, 7) is 4.25.